The van der Waals surface area contributed by atoms with Crippen molar-refractivity contribution in [3.8, 4) is 0 Å². The molecular weight excluding hydrogens is 353 g/mol. The Morgan fingerprint density at radius 1 is 1.26 bits per heavy atom. The van der Waals surface area contributed by atoms with Gasteiger partial charge in [-0.1, -0.05) is 18.7 Å². The predicted octanol–water partition coefficient (Wildman–Crippen LogP) is 3.01. The molecule has 1 aromatic carbocycles. The summed E-state index contributed by atoms with van der Waals surface area (Å²) in [6, 6.07) is 5.29. The summed E-state index contributed by atoms with van der Waals surface area (Å²) in [5.41, 5.74) is 0.826. The molecule has 1 saturated carbocycles. The largest absolute Gasteiger partial charge is 0.416 e. The molecule has 2 aliphatic rings. The number of benzene rings is 1. The van der Waals surface area contributed by atoms with E-state index in [0.717, 1.165) is 41.2 Å². The molecule has 0 unspecified atom stereocenters. The molecule has 0 spiro atoms. The van der Waals surface area contributed by atoms with E-state index in [-0.39, 0.29) is 12.1 Å². The Balaban J connectivity index is 1.63. The van der Waals surface area contributed by atoms with Crippen LogP contribution < -0.4 is 15.9 Å². The van der Waals surface area contributed by atoms with Gasteiger partial charge in [0.05, 0.1) is 16.1 Å². The van der Waals surface area contributed by atoms with E-state index in [4.69, 9.17) is 0 Å². The first-order valence-electron chi connectivity index (χ1n) is 8.69. The minimum Gasteiger partial charge on any atom is -0.365 e. The quantitative estimate of drug-likeness (QED) is 0.896. The zero-order valence-electron chi connectivity index (χ0n) is 14.8. The number of allylic oxidation sites excluding steroid dienone is 1. The zero-order valence-corrected chi connectivity index (χ0v) is 14.8. The molecule has 4 nitrogen and oxygen atoms in total. The highest BCUT2D eigenvalue weighted by molar-refractivity contribution is 5.57. The van der Waals surface area contributed by atoms with Crippen molar-refractivity contribution in [1.29, 1.82) is 0 Å². The molecule has 4 rings (SSSR count). The molecule has 140 valence electrons. The number of hydrogen-bond donors (Lipinski definition) is 1. The Morgan fingerprint density at radius 3 is 2.74 bits per heavy atom. The fourth-order valence-electron chi connectivity index (χ4n) is 3.20. The second kappa shape index (κ2) is 6.11. The van der Waals surface area contributed by atoms with Crippen LogP contribution in [0.2, 0.25) is 0 Å². The van der Waals surface area contributed by atoms with Crippen LogP contribution in [0.15, 0.2) is 42.9 Å². The minimum atomic E-state index is -4.35. The van der Waals surface area contributed by atoms with Crippen molar-refractivity contribution in [3.63, 3.8) is 0 Å². The van der Waals surface area contributed by atoms with E-state index in [2.05, 4.69) is 33.7 Å². The molecule has 0 saturated heterocycles. The molecule has 7 heteroatoms. The average molecular weight is 372 g/mol. The van der Waals surface area contributed by atoms with Crippen molar-refractivity contribution in [1.82, 2.24) is 14.9 Å². The molecule has 1 aliphatic heterocycles. The smallest absolute Gasteiger partial charge is 0.365 e. The van der Waals surface area contributed by atoms with Crippen LogP contribution in [-0.4, -0.2) is 20.4 Å². The molecule has 0 radical (unpaired) electrons. The van der Waals surface area contributed by atoms with E-state index < -0.39 is 11.7 Å². The molecule has 2 aromatic rings. The maximum atomic E-state index is 12.9. The van der Waals surface area contributed by atoms with E-state index in [1.165, 1.54) is 12.4 Å². The molecule has 27 heavy (non-hydrogen) atoms. The van der Waals surface area contributed by atoms with E-state index >= 15 is 0 Å². The van der Waals surface area contributed by atoms with Crippen molar-refractivity contribution >= 4 is 18.1 Å². The van der Waals surface area contributed by atoms with Crippen LogP contribution in [0.4, 0.5) is 19.0 Å². The molecule has 1 fully saturated rings. The van der Waals surface area contributed by atoms with Gasteiger partial charge in [0.1, 0.15) is 12.1 Å². The maximum Gasteiger partial charge on any atom is 0.416 e. The van der Waals surface area contributed by atoms with Crippen molar-refractivity contribution in [2.24, 2.45) is 0 Å². The molecule has 2 heterocycles. The standard InChI is InChI=1S/C20H19F3N4/c1-13-8-17-16(11-27(13)19(2)6-7-19)18(26-12-25-17)24-10-14-4-3-5-15(9-14)20(21,22)23/h3-5,8-9,11-12H,1,6-7,10H2,2H3,(H,24,25,26). The average Bonchev–Trinajstić information content (AvgIpc) is 3.37. The van der Waals surface area contributed by atoms with Gasteiger partial charge in [-0.05, 0) is 43.5 Å². The number of alkyl halides is 3. The minimum absolute atomic E-state index is 0.0689. The van der Waals surface area contributed by atoms with Crippen LogP contribution >= 0.6 is 0 Å². The van der Waals surface area contributed by atoms with Gasteiger partial charge in [-0.15, -0.1) is 0 Å². The Bertz CT molecular complexity index is 1020. The first-order chi connectivity index (χ1) is 12.8. The highest BCUT2D eigenvalue weighted by Crippen LogP contribution is 2.43. The number of hydrogen-bond acceptors (Lipinski definition) is 4. The third kappa shape index (κ3) is 3.41. The molecule has 1 aromatic heterocycles. The van der Waals surface area contributed by atoms with Gasteiger partial charge in [-0.3, -0.25) is 0 Å². The fourth-order valence-corrected chi connectivity index (χ4v) is 3.20. The number of nitrogens with zero attached hydrogens (tertiary/aromatic N) is 3. The van der Waals surface area contributed by atoms with E-state index in [9.17, 15) is 13.2 Å². The number of aromatic nitrogens is 2. The molecule has 0 amide bonds. The summed E-state index contributed by atoms with van der Waals surface area (Å²) in [7, 11) is 0. The molecular formula is C20H19F3N4. The number of anilines is 1. The van der Waals surface area contributed by atoms with Crippen molar-refractivity contribution in [2.45, 2.75) is 38.0 Å². The summed E-state index contributed by atoms with van der Waals surface area (Å²) < 4.78 is 38.7. The van der Waals surface area contributed by atoms with E-state index in [1.807, 2.05) is 12.3 Å². The van der Waals surface area contributed by atoms with E-state index in [0.29, 0.717) is 11.4 Å². The lowest BCUT2D eigenvalue weighted by Crippen LogP contribution is -2.42. The van der Waals surface area contributed by atoms with Crippen LogP contribution in [0.1, 0.15) is 30.9 Å². The highest BCUT2D eigenvalue weighted by atomic mass is 19.4. The monoisotopic (exact) mass is 372 g/mol. The first-order valence-corrected chi connectivity index (χ1v) is 8.69. The van der Waals surface area contributed by atoms with Crippen LogP contribution in [0.3, 0.4) is 0 Å². The lowest BCUT2D eigenvalue weighted by molar-refractivity contribution is -0.137. The van der Waals surface area contributed by atoms with Crippen molar-refractivity contribution < 1.29 is 13.2 Å². The molecule has 1 N–H and O–H groups in total. The molecule has 1 aliphatic carbocycles. The lowest BCUT2D eigenvalue weighted by atomic mass is 10.1. The Hall–Kier alpha value is -2.83. The van der Waals surface area contributed by atoms with Gasteiger partial charge < -0.3 is 10.2 Å². The Morgan fingerprint density at radius 2 is 2.04 bits per heavy atom. The van der Waals surface area contributed by atoms with Gasteiger partial charge in [0.25, 0.3) is 0 Å². The van der Waals surface area contributed by atoms with Crippen molar-refractivity contribution in [3.05, 3.63) is 64.6 Å². The second-order valence-electron chi connectivity index (χ2n) is 7.20. The Kier molecular flexibility index (Phi) is 3.98. The van der Waals surface area contributed by atoms with Gasteiger partial charge in [-0.2, -0.15) is 13.2 Å². The van der Waals surface area contributed by atoms with Crippen LogP contribution in [0.25, 0.3) is 12.3 Å². The predicted molar refractivity (Wildman–Crippen MR) is 97.6 cm³/mol. The molecule has 0 bridgehead atoms. The summed E-state index contributed by atoms with van der Waals surface area (Å²) in [6.45, 7) is 6.52. The number of halogens is 3. The molecule has 0 atom stereocenters. The third-order valence-electron chi connectivity index (χ3n) is 5.06. The summed E-state index contributed by atoms with van der Waals surface area (Å²) in [6.07, 6.45) is 3.17. The van der Waals surface area contributed by atoms with Crippen LogP contribution in [0, 0.1) is 0 Å². The zero-order chi connectivity index (χ0) is 19.2. The summed E-state index contributed by atoms with van der Waals surface area (Å²) in [5, 5.41) is 4.72. The highest BCUT2D eigenvalue weighted by Gasteiger charge is 2.43. The van der Waals surface area contributed by atoms with Crippen molar-refractivity contribution in [2.75, 3.05) is 5.32 Å². The SMILES string of the molecule is C=C1C=c2ncnc(NCc3cccc(C(F)(F)F)c3)c2=CN1C1(C)CC1. The number of fused-ring (bicyclic) bond motifs is 1. The lowest BCUT2D eigenvalue weighted by Gasteiger charge is -2.30. The van der Waals surface area contributed by atoms with E-state index in [1.54, 1.807) is 6.07 Å². The number of rotatable bonds is 4. The Labute approximate surface area is 154 Å². The topological polar surface area (TPSA) is 41.1 Å². The van der Waals surface area contributed by atoms with Crippen LogP contribution in [-0.2, 0) is 12.7 Å². The second-order valence-corrected chi connectivity index (χ2v) is 7.20. The van der Waals surface area contributed by atoms with Gasteiger partial charge in [0.2, 0.25) is 0 Å². The third-order valence-corrected chi connectivity index (χ3v) is 5.06. The van der Waals surface area contributed by atoms with Gasteiger partial charge in [-0.25, -0.2) is 9.97 Å². The normalized spacial score (nSPS) is 17.6. The van der Waals surface area contributed by atoms with Gasteiger partial charge in [0.15, 0.2) is 0 Å². The fraction of sp³-hybridized carbons (Fsp3) is 0.300. The number of nitrogens with one attached hydrogen (secondary N) is 1. The summed E-state index contributed by atoms with van der Waals surface area (Å²) >= 11 is 0. The van der Waals surface area contributed by atoms with Crippen LogP contribution in [0.5, 0.6) is 0 Å². The van der Waals surface area contributed by atoms with Gasteiger partial charge >= 0.3 is 6.18 Å². The first kappa shape index (κ1) is 17.6. The van der Waals surface area contributed by atoms with Gasteiger partial charge in [0, 0.05) is 24.0 Å². The summed E-state index contributed by atoms with van der Waals surface area (Å²) in [5.74, 6) is 0.593. The maximum absolute atomic E-state index is 12.9. The summed E-state index contributed by atoms with van der Waals surface area (Å²) in [4.78, 5) is 10.7.